The molecule has 0 heterocycles. The van der Waals surface area contributed by atoms with Crippen molar-refractivity contribution in [3.8, 4) is 11.5 Å². The lowest BCUT2D eigenvalue weighted by atomic mass is 10.0. The van der Waals surface area contributed by atoms with Crippen LogP contribution in [0, 0.1) is 0 Å². The molecule has 0 radical (unpaired) electrons. The molecule has 0 amide bonds. The molecule has 3 N–H and O–H groups in total. The second kappa shape index (κ2) is 12.5. The molecule has 162 valence electrons. The highest BCUT2D eigenvalue weighted by Crippen LogP contribution is 2.33. The molecule has 1 unspecified atom stereocenters. The van der Waals surface area contributed by atoms with Gasteiger partial charge in [0.25, 0.3) is 0 Å². The highest BCUT2D eigenvalue weighted by atomic mass is 16.5. The third-order valence-electron chi connectivity index (χ3n) is 4.75. The molecule has 2 aromatic rings. The average Bonchev–Trinajstić information content (AvgIpc) is 2.78. The normalized spacial score (nSPS) is 12.2. The first-order valence-corrected chi connectivity index (χ1v) is 10.2. The first kappa shape index (κ1) is 23.3. The Morgan fingerprint density at radius 2 is 1.93 bits per heavy atom. The van der Waals surface area contributed by atoms with Crippen LogP contribution < -0.4 is 20.1 Å². The standard InChI is InChI=1S/C24H33N3O3/c1-5-10-20-13-18(14-22(29-3)23(20)30-4)15-26-24(25-6-2)27-16-21(17-28)19-11-8-7-9-12-19/h5,7-9,11-14,21,28H,1,6,10,15-17H2,2-4H3,(H2,25,26,27). The van der Waals surface area contributed by atoms with Gasteiger partial charge in [-0.15, -0.1) is 6.58 Å². The summed E-state index contributed by atoms with van der Waals surface area (Å²) in [6, 6.07) is 14.0. The van der Waals surface area contributed by atoms with Crippen molar-refractivity contribution < 1.29 is 14.6 Å². The van der Waals surface area contributed by atoms with Gasteiger partial charge in [0.05, 0.1) is 27.4 Å². The van der Waals surface area contributed by atoms with E-state index in [0.717, 1.165) is 29.0 Å². The quantitative estimate of drug-likeness (QED) is 0.301. The van der Waals surface area contributed by atoms with Crippen LogP contribution in [0.2, 0.25) is 0 Å². The fourth-order valence-corrected chi connectivity index (χ4v) is 3.25. The Kier molecular flexibility index (Phi) is 9.74. The number of rotatable bonds is 11. The van der Waals surface area contributed by atoms with Crippen molar-refractivity contribution in [2.75, 3.05) is 33.9 Å². The van der Waals surface area contributed by atoms with Crippen LogP contribution in [0.1, 0.15) is 29.5 Å². The molecule has 30 heavy (non-hydrogen) atoms. The van der Waals surface area contributed by atoms with E-state index in [1.54, 1.807) is 14.2 Å². The van der Waals surface area contributed by atoms with Crippen molar-refractivity contribution >= 4 is 5.96 Å². The summed E-state index contributed by atoms with van der Waals surface area (Å²) in [7, 11) is 3.27. The fourth-order valence-electron chi connectivity index (χ4n) is 3.25. The van der Waals surface area contributed by atoms with Crippen molar-refractivity contribution in [1.29, 1.82) is 0 Å². The van der Waals surface area contributed by atoms with E-state index in [1.807, 2.05) is 49.4 Å². The minimum atomic E-state index is -0.00432. The van der Waals surface area contributed by atoms with Gasteiger partial charge in [-0.1, -0.05) is 36.4 Å². The van der Waals surface area contributed by atoms with Crippen LogP contribution in [0.3, 0.4) is 0 Å². The third-order valence-corrected chi connectivity index (χ3v) is 4.75. The van der Waals surface area contributed by atoms with Crippen LogP contribution in [0.5, 0.6) is 11.5 Å². The van der Waals surface area contributed by atoms with Crippen LogP contribution >= 0.6 is 0 Å². The lowest BCUT2D eigenvalue weighted by Gasteiger charge is -2.18. The lowest BCUT2D eigenvalue weighted by Crippen LogP contribution is -2.39. The zero-order chi connectivity index (χ0) is 21.8. The topological polar surface area (TPSA) is 75.1 Å². The Bertz CT molecular complexity index is 822. The number of hydrogen-bond donors (Lipinski definition) is 3. The third kappa shape index (κ3) is 6.52. The van der Waals surface area contributed by atoms with E-state index < -0.39 is 0 Å². The summed E-state index contributed by atoms with van der Waals surface area (Å²) in [4.78, 5) is 4.71. The number of allylic oxidation sites excluding steroid dienone is 1. The van der Waals surface area contributed by atoms with Crippen LogP contribution in [-0.4, -0.2) is 45.0 Å². The Hall–Kier alpha value is -2.99. The van der Waals surface area contributed by atoms with E-state index in [1.165, 1.54) is 0 Å². The largest absolute Gasteiger partial charge is 0.493 e. The molecule has 0 saturated heterocycles. The predicted octanol–water partition coefficient (Wildman–Crippen LogP) is 3.26. The van der Waals surface area contributed by atoms with Gasteiger partial charge < -0.3 is 25.2 Å². The van der Waals surface area contributed by atoms with Gasteiger partial charge in [0.1, 0.15) is 0 Å². The Balaban J connectivity index is 2.15. The maximum Gasteiger partial charge on any atom is 0.191 e. The fraction of sp³-hybridized carbons (Fsp3) is 0.375. The molecular weight excluding hydrogens is 378 g/mol. The van der Waals surface area contributed by atoms with E-state index in [0.29, 0.717) is 31.2 Å². The molecule has 2 rings (SSSR count). The number of methoxy groups -OCH3 is 2. The second-order valence-corrected chi connectivity index (χ2v) is 6.85. The number of aliphatic hydroxyl groups is 1. The highest BCUT2D eigenvalue weighted by Gasteiger charge is 2.13. The van der Waals surface area contributed by atoms with Crippen LogP contribution in [-0.2, 0) is 13.0 Å². The van der Waals surface area contributed by atoms with Crippen LogP contribution in [0.15, 0.2) is 60.1 Å². The van der Waals surface area contributed by atoms with Crippen molar-refractivity contribution in [2.24, 2.45) is 4.99 Å². The van der Waals surface area contributed by atoms with Crippen molar-refractivity contribution in [1.82, 2.24) is 10.6 Å². The molecule has 0 aliphatic rings. The first-order chi connectivity index (χ1) is 14.7. The van der Waals surface area contributed by atoms with Crippen LogP contribution in [0.4, 0.5) is 0 Å². The summed E-state index contributed by atoms with van der Waals surface area (Å²) in [6.07, 6.45) is 2.53. The Labute approximate surface area is 179 Å². The van der Waals surface area contributed by atoms with Gasteiger partial charge in [-0.25, -0.2) is 4.99 Å². The molecule has 0 aliphatic carbocycles. The van der Waals surface area contributed by atoms with Crippen molar-refractivity contribution in [2.45, 2.75) is 25.8 Å². The number of guanidine groups is 1. The summed E-state index contributed by atoms with van der Waals surface area (Å²) < 4.78 is 11.0. The molecule has 0 saturated carbocycles. The molecule has 1 atom stereocenters. The number of aliphatic imine (C=N–C) groups is 1. The van der Waals surface area contributed by atoms with Gasteiger partial charge in [0.2, 0.25) is 0 Å². The number of nitrogens with one attached hydrogen (secondary N) is 2. The smallest absolute Gasteiger partial charge is 0.191 e. The number of aliphatic hydroxyl groups excluding tert-OH is 1. The van der Waals surface area contributed by atoms with Crippen molar-refractivity contribution in [3.05, 3.63) is 71.8 Å². The monoisotopic (exact) mass is 411 g/mol. The Morgan fingerprint density at radius 1 is 1.17 bits per heavy atom. The summed E-state index contributed by atoms with van der Waals surface area (Å²) in [5.41, 5.74) is 3.13. The number of benzene rings is 2. The van der Waals surface area contributed by atoms with Gasteiger partial charge in [-0.3, -0.25) is 0 Å². The molecular formula is C24H33N3O3. The summed E-state index contributed by atoms with van der Waals surface area (Å²) >= 11 is 0. The maximum absolute atomic E-state index is 9.78. The molecule has 6 nitrogen and oxygen atoms in total. The Morgan fingerprint density at radius 3 is 2.53 bits per heavy atom. The van der Waals surface area contributed by atoms with E-state index in [2.05, 4.69) is 23.3 Å². The molecule has 2 aromatic carbocycles. The number of hydrogen-bond acceptors (Lipinski definition) is 4. The van der Waals surface area contributed by atoms with Gasteiger partial charge in [-0.2, -0.15) is 0 Å². The molecule has 0 spiro atoms. The predicted molar refractivity (Wildman–Crippen MR) is 123 cm³/mol. The van der Waals surface area contributed by atoms with E-state index >= 15 is 0 Å². The van der Waals surface area contributed by atoms with E-state index in [9.17, 15) is 5.11 Å². The molecule has 0 aliphatic heterocycles. The minimum Gasteiger partial charge on any atom is -0.493 e. The van der Waals surface area contributed by atoms with Gasteiger partial charge in [0, 0.05) is 24.6 Å². The van der Waals surface area contributed by atoms with Gasteiger partial charge in [0.15, 0.2) is 17.5 Å². The summed E-state index contributed by atoms with van der Waals surface area (Å²) in [5, 5.41) is 16.4. The SMILES string of the molecule is C=CCc1cc(CN=C(NCC)NCC(CO)c2ccccc2)cc(OC)c1OC. The molecule has 0 bridgehead atoms. The van der Waals surface area contributed by atoms with E-state index in [-0.39, 0.29) is 12.5 Å². The first-order valence-electron chi connectivity index (χ1n) is 10.2. The average molecular weight is 412 g/mol. The van der Waals surface area contributed by atoms with Crippen molar-refractivity contribution in [3.63, 3.8) is 0 Å². The second-order valence-electron chi connectivity index (χ2n) is 6.85. The summed E-state index contributed by atoms with van der Waals surface area (Å²) in [6.45, 7) is 7.72. The molecule has 0 fully saturated rings. The van der Waals surface area contributed by atoms with Gasteiger partial charge >= 0.3 is 0 Å². The zero-order valence-corrected chi connectivity index (χ0v) is 18.1. The highest BCUT2D eigenvalue weighted by molar-refractivity contribution is 5.79. The molecule has 0 aromatic heterocycles. The zero-order valence-electron chi connectivity index (χ0n) is 18.1. The number of ether oxygens (including phenoxy) is 2. The van der Waals surface area contributed by atoms with E-state index in [4.69, 9.17) is 14.5 Å². The van der Waals surface area contributed by atoms with Crippen LogP contribution in [0.25, 0.3) is 0 Å². The minimum absolute atomic E-state index is 0.00432. The summed E-state index contributed by atoms with van der Waals surface area (Å²) in [5.74, 6) is 2.11. The molecule has 6 heteroatoms. The maximum atomic E-state index is 9.78. The lowest BCUT2D eigenvalue weighted by molar-refractivity contribution is 0.265. The number of nitrogens with zero attached hydrogens (tertiary/aromatic N) is 1. The van der Waals surface area contributed by atoms with Gasteiger partial charge in [-0.05, 0) is 36.6 Å².